The molecule has 1 saturated heterocycles. The first-order valence-corrected chi connectivity index (χ1v) is 9.89. The Morgan fingerprint density at radius 3 is 2.32 bits per heavy atom. The van der Waals surface area contributed by atoms with E-state index in [0.29, 0.717) is 19.7 Å². The number of benzene rings is 1. The van der Waals surface area contributed by atoms with Crippen molar-refractivity contribution >= 4 is 18.7 Å². The quantitative estimate of drug-likeness (QED) is 0.689. The van der Waals surface area contributed by atoms with Crippen LogP contribution in [-0.2, 0) is 20.6 Å². The van der Waals surface area contributed by atoms with Gasteiger partial charge in [0.1, 0.15) is 18.0 Å². The second-order valence-corrected chi connectivity index (χ2v) is 9.66. The van der Waals surface area contributed by atoms with Crippen molar-refractivity contribution in [2.45, 2.75) is 78.7 Å². The van der Waals surface area contributed by atoms with Gasteiger partial charge in [-0.3, -0.25) is 0 Å². The third-order valence-electron chi connectivity index (χ3n) is 5.52. The summed E-state index contributed by atoms with van der Waals surface area (Å²) in [4.78, 5) is 14.3. The normalized spacial score (nSPS) is 21.0. The Morgan fingerprint density at radius 1 is 1.14 bits per heavy atom. The van der Waals surface area contributed by atoms with Crippen molar-refractivity contribution in [2.75, 3.05) is 13.2 Å². The number of hydrogen-bond donors (Lipinski definition) is 0. The zero-order valence-electron chi connectivity index (χ0n) is 18.3. The average molecular weight is 389 g/mol. The monoisotopic (exact) mass is 389 g/mol. The molecule has 7 heteroatoms. The zero-order valence-corrected chi connectivity index (χ0v) is 18.3. The van der Waals surface area contributed by atoms with E-state index < -0.39 is 23.9 Å². The van der Waals surface area contributed by atoms with E-state index in [1.807, 2.05) is 67.5 Å². The number of fused-ring (bicyclic) bond motifs is 1. The highest BCUT2D eigenvalue weighted by atomic mass is 16.7. The SMILES string of the molecule is Cc1cc(B2OC(C)(C)C(C)(C)O2)cc2c1OCCN(C(=O)OC(C)(C)C)C2. The molecule has 0 unspecified atom stereocenters. The minimum absolute atomic E-state index is 0.331. The molecule has 0 atom stereocenters. The van der Waals surface area contributed by atoms with Gasteiger partial charge in [-0.1, -0.05) is 12.1 Å². The lowest BCUT2D eigenvalue weighted by Crippen LogP contribution is -2.41. The van der Waals surface area contributed by atoms with Crippen molar-refractivity contribution in [3.05, 3.63) is 23.3 Å². The van der Waals surface area contributed by atoms with Crippen molar-refractivity contribution in [1.29, 1.82) is 0 Å². The maximum atomic E-state index is 12.6. The lowest BCUT2D eigenvalue weighted by Gasteiger charge is -2.32. The predicted molar refractivity (Wildman–Crippen MR) is 109 cm³/mol. The summed E-state index contributed by atoms with van der Waals surface area (Å²) in [6, 6.07) is 4.07. The number of carbonyl (C=O) groups is 1. The lowest BCUT2D eigenvalue weighted by molar-refractivity contribution is 0.00578. The summed E-state index contributed by atoms with van der Waals surface area (Å²) in [6.07, 6.45) is -0.331. The summed E-state index contributed by atoms with van der Waals surface area (Å²) in [5.41, 5.74) is 1.54. The molecule has 28 heavy (non-hydrogen) atoms. The van der Waals surface area contributed by atoms with Gasteiger partial charge >= 0.3 is 13.2 Å². The van der Waals surface area contributed by atoms with Gasteiger partial charge in [0.05, 0.1) is 24.3 Å². The van der Waals surface area contributed by atoms with E-state index in [4.69, 9.17) is 18.8 Å². The molecule has 0 radical (unpaired) electrons. The van der Waals surface area contributed by atoms with E-state index in [1.54, 1.807) is 4.90 Å². The highest BCUT2D eigenvalue weighted by Crippen LogP contribution is 2.37. The first-order valence-electron chi connectivity index (χ1n) is 9.89. The molecular formula is C21H32BNO5. The van der Waals surface area contributed by atoms with Crippen LogP contribution in [0.4, 0.5) is 4.79 Å². The molecule has 0 aromatic heterocycles. The lowest BCUT2D eigenvalue weighted by atomic mass is 9.77. The molecule has 3 rings (SSSR count). The molecule has 6 nitrogen and oxygen atoms in total. The summed E-state index contributed by atoms with van der Waals surface area (Å²) in [5, 5.41) is 0. The number of rotatable bonds is 1. The van der Waals surface area contributed by atoms with Crippen LogP contribution in [0.5, 0.6) is 5.75 Å². The minimum atomic E-state index is -0.534. The highest BCUT2D eigenvalue weighted by molar-refractivity contribution is 6.62. The van der Waals surface area contributed by atoms with Gasteiger partial charge in [-0.05, 0) is 66.4 Å². The smallest absolute Gasteiger partial charge is 0.491 e. The molecule has 1 fully saturated rings. The van der Waals surface area contributed by atoms with Gasteiger partial charge in [-0.15, -0.1) is 0 Å². The predicted octanol–water partition coefficient (Wildman–Crippen LogP) is 3.42. The fourth-order valence-electron chi connectivity index (χ4n) is 3.34. The number of hydrogen-bond acceptors (Lipinski definition) is 5. The maximum absolute atomic E-state index is 12.6. The van der Waals surface area contributed by atoms with Gasteiger partial charge in [0.25, 0.3) is 0 Å². The summed E-state index contributed by atoms with van der Waals surface area (Å²) >= 11 is 0. The van der Waals surface area contributed by atoms with Crippen LogP contribution in [-0.4, -0.2) is 48.1 Å². The Labute approximate surface area is 168 Å². The van der Waals surface area contributed by atoms with Crippen LogP contribution in [0.1, 0.15) is 59.6 Å². The fraction of sp³-hybridized carbons (Fsp3) is 0.667. The third-order valence-corrected chi connectivity index (χ3v) is 5.52. The summed E-state index contributed by atoms with van der Waals surface area (Å²) in [5.74, 6) is 0.825. The molecule has 1 aromatic rings. The van der Waals surface area contributed by atoms with E-state index in [2.05, 4.69) is 0 Å². The topological polar surface area (TPSA) is 57.2 Å². The number of nitrogens with zero attached hydrogens (tertiary/aromatic N) is 1. The number of amides is 1. The Hall–Kier alpha value is -1.73. The number of carbonyl (C=O) groups excluding carboxylic acids is 1. The Morgan fingerprint density at radius 2 is 1.75 bits per heavy atom. The Balaban J connectivity index is 1.88. The summed E-state index contributed by atoms with van der Waals surface area (Å²) in [6.45, 7) is 17.1. The van der Waals surface area contributed by atoms with Crippen LogP contribution in [0.3, 0.4) is 0 Å². The average Bonchev–Trinajstić information content (AvgIpc) is 2.69. The molecule has 0 saturated carbocycles. The first-order chi connectivity index (χ1) is 12.8. The largest absolute Gasteiger partial charge is 0.494 e. The Bertz CT molecular complexity index is 753. The van der Waals surface area contributed by atoms with Gasteiger partial charge < -0.3 is 23.7 Å². The molecule has 1 amide bonds. The van der Waals surface area contributed by atoms with E-state index in [-0.39, 0.29) is 6.09 Å². The minimum Gasteiger partial charge on any atom is -0.491 e. The standard InChI is InChI=1S/C21H32BNO5/c1-14-11-16(22-27-20(5,6)21(7,8)28-22)12-15-13-23(9-10-25-17(14)15)18(24)26-19(2,3)4/h11-12H,9-10,13H2,1-8H3. The van der Waals surface area contributed by atoms with Crippen LogP contribution < -0.4 is 10.2 Å². The second kappa shape index (κ2) is 6.96. The molecular weight excluding hydrogens is 357 g/mol. The molecule has 0 bridgehead atoms. The molecule has 2 aliphatic heterocycles. The van der Waals surface area contributed by atoms with Crippen LogP contribution >= 0.6 is 0 Å². The maximum Gasteiger partial charge on any atom is 0.494 e. The summed E-state index contributed by atoms with van der Waals surface area (Å²) < 4.78 is 23.9. The Kier molecular flexibility index (Phi) is 5.22. The molecule has 2 heterocycles. The molecule has 1 aromatic carbocycles. The molecule has 154 valence electrons. The van der Waals surface area contributed by atoms with E-state index >= 15 is 0 Å². The van der Waals surface area contributed by atoms with Gasteiger partial charge in [0.15, 0.2) is 0 Å². The number of aryl methyl sites for hydroxylation is 1. The first kappa shape index (κ1) is 21.0. The fourth-order valence-corrected chi connectivity index (χ4v) is 3.34. The van der Waals surface area contributed by atoms with E-state index in [1.165, 1.54) is 0 Å². The van der Waals surface area contributed by atoms with Gasteiger partial charge in [-0.2, -0.15) is 0 Å². The van der Waals surface area contributed by atoms with Crippen LogP contribution in [0, 0.1) is 6.92 Å². The van der Waals surface area contributed by atoms with Crippen molar-refractivity contribution in [3.8, 4) is 5.75 Å². The van der Waals surface area contributed by atoms with Crippen molar-refractivity contribution in [2.24, 2.45) is 0 Å². The third kappa shape index (κ3) is 4.15. The van der Waals surface area contributed by atoms with Crippen LogP contribution in [0.2, 0.25) is 0 Å². The van der Waals surface area contributed by atoms with Crippen LogP contribution in [0.15, 0.2) is 12.1 Å². The van der Waals surface area contributed by atoms with Crippen molar-refractivity contribution in [3.63, 3.8) is 0 Å². The highest BCUT2D eigenvalue weighted by Gasteiger charge is 2.51. The van der Waals surface area contributed by atoms with Gasteiger partial charge in [0, 0.05) is 5.56 Å². The van der Waals surface area contributed by atoms with Crippen molar-refractivity contribution in [1.82, 2.24) is 4.90 Å². The van der Waals surface area contributed by atoms with Gasteiger partial charge in [0.2, 0.25) is 0 Å². The molecule has 0 N–H and O–H groups in total. The summed E-state index contributed by atoms with van der Waals surface area (Å²) in [7, 11) is -0.452. The number of ether oxygens (including phenoxy) is 2. The van der Waals surface area contributed by atoms with Crippen molar-refractivity contribution < 1.29 is 23.6 Å². The van der Waals surface area contributed by atoms with E-state index in [0.717, 1.165) is 22.3 Å². The molecule has 2 aliphatic rings. The second-order valence-electron chi connectivity index (χ2n) is 9.66. The zero-order chi connectivity index (χ0) is 20.9. The van der Waals surface area contributed by atoms with Crippen LogP contribution in [0.25, 0.3) is 0 Å². The molecule has 0 aliphatic carbocycles. The molecule has 0 spiro atoms. The van der Waals surface area contributed by atoms with Gasteiger partial charge in [-0.25, -0.2) is 4.79 Å². The van der Waals surface area contributed by atoms with E-state index in [9.17, 15) is 4.79 Å².